The lowest BCUT2D eigenvalue weighted by molar-refractivity contribution is -0.121. The van der Waals surface area contributed by atoms with E-state index in [0.29, 0.717) is 13.2 Å². The fourth-order valence-corrected chi connectivity index (χ4v) is 3.30. The van der Waals surface area contributed by atoms with E-state index in [1.54, 1.807) is 0 Å². The molecule has 0 spiro atoms. The van der Waals surface area contributed by atoms with E-state index < -0.39 is 12.1 Å². The molecule has 1 heterocycles. The van der Waals surface area contributed by atoms with Crippen molar-refractivity contribution >= 4 is 23.3 Å². The fourth-order valence-electron chi connectivity index (χ4n) is 2.52. The van der Waals surface area contributed by atoms with E-state index >= 15 is 0 Å². The monoisotopic (exact) mass is 361 g/mol. The van der Waals surface area contributed by atoms with Crippen molar-refractivity contribution in [3.8, 4) is 5.75 Å². The van der Waals surface area contributed by atoms with Gasteiger partial charge in [-0.1, -0.05) is 12.1 Å². The van der Waals surface area contributed by atoms with Crippen LogP contribution >= 0.6 is 11.3 Å². The Morgan fingerprint density at radius 2 is 1.96 bits per heavy atom. The summed E-state index contributed by atoms with van der Waals surface area (Å²) in [6.45, 7) is 4.79. The van der Waals surface area contributed by atoms with Crippen molar-refractivity contribution in [1.29, 1.82) is 0 Å². The molecule has 7 heteroatoms. The zero-order valence-electron chi connectivity index (χ0n) is 14.4. The van der Waals surface area contributed by atoms with E-state index in [0.717, 1.165) is 21.8 Å². The maximum Gasteiger partial charge on any atom is 0.312 e. The van der Waals surface area contributed by atoms with Gasteiger partial charge in [0.2, 0.25) is 5.91 Å². The molecule has 1 aromatic heterocycles. The first kappa shape index (κ1) is 18.8. The summed E-state index contributed by atoms with van der Waals surface area (Å²) >= 11 is 1.47. The minimum absolute atomic E-state index is 0.132. The number of benzene rings is 1. The third-order valence-corrected chi connectivity index (χ3v) is 4.47. The molecule has 0 radical (unpaired) electrons. The average molecular weight is 361 g/mol. The van der Waals surface area contributed by atoms with E-state index in [1.165, 1.54) is 11.3 Å². The standard InChI is InChI=1S/C18H23N3O3S/c1-12-8-13(2)10-14(9-12)24-6-5-20-17(22)11-15(21-18(19)23)16-4-3-7-25-16/h3-4,7-10,15H,5-6,11H2,1-2H3,(H,20,22)(H3,19,21,23)/t15-/m1/s1. The molecule has 0 fully saturated rings. The highest BCUT2D eigenvalue weighted by Gasteiger charge is 2.18. The number of aryl methyl sites for hydroxylation is 2. The molecule has 0 aliphatic carbocycles. The van der Waals surface area contributed by atoms with Crippen LogP contribution in [0.3, 0.4) is 0 Å². The maximum absolute atomic E-state index is 12.1. The number of amides is 3. The lowest BCUT2D eigenvalue weighted by Gasteiger charge is -2.16. The molecule has 0 saturated carbocycles. The summed E-state index contributed by atoms with van der Waals surface area (Å²) in [5.41, 5.74) is 7.46. The number of carbonyl (C=O) groups is 2. The first-order valence-electron chi connectivity index (χ1n) is 8.01. The smallest absolute Gasteiger partial charge is 0.312 e. The van der Waals surface area contributed by atoms with E-state index in [-0.39, 0.29) is 12.3 Å². The van der Waals surface area contributed by atoms with Gasteiger partial charge in [0.1, 0.15) is 12.4 Å². The molecule has 134 valence electrons. The Hall–Kier alpha value is -2.54. The summed E-state index contributed by atoms with van der Waals surface area (Å²) in [6.07, 6.45) is 0.132. The van der Waals surface area contributed by atoms with Crippen LogP contribution in [0.15, 0.2) is 35.7 Å². The molecule has 2 rings (SSSR count). The maximum atomic E-state index is 12.1. The topological polar surface area (TPSA) is 93.4 Å². The highest BCUT2D eigenvalue weighted by atomic mass is 32.1. The summed E-state index contributed by atoms with van der Waals surface area (Å²) in [5, 5.41) is 7.28. The van der Waals surface area contributed by atoms with E-state index in [1.807, 2.05) is 43.5 Å². The van der Waals surface area contributed by atoms with Crippen LogP contribution in [-0.2, 0) is 4.79 Å². The van der Waals surface area contributed by atoms with Gasteiger partial charge in [-0.3, -0.25) is 4.79 Å². The minimum Gasteiger partial charge on any atom is -0.492 e. The zero-order valence-corrected chi connectivity index (χ0v) is 15.2. The molecule has 25 heavy (non-hydrogen) atoms. The van der Waals surface area contributed by atoms with Gasteiger partial charge in [0.05, 0.1) is 19.0 Å². The Bertz CT molecular complexity index is 696. The van der Waals surface area contributed by atoms with Crippen molar-refractivity contribution in [2.75, 3.05) is 13.2 Å². The number of primary amides is 1. The zero-order chi connectivity index (χ0) is 18.2. The third-order valence-electron chi connectivity index (χ3n) is 3.48. The number of hydrogen-bond acceptors (Lipinski definition) is 4. The first-order chi connectivity index (χ1) is 11.9. The summed E-state index contributed by atoms with van der Waals surface area (Å²) in [7, 11) is 0. The van der Waals surface area contributed by atoms with E-state index in [4.69, 9.17) is 10.5 Å². The fraction of sp³-hybridized carbons (Fsp3) is 0.333. The highest BCUT2D eigenvalue weighted by Crippen LogP contribution is 2.21. The third kappa shape index (κ3) is 6.46. The van der Waals surface area contributed by atoms with E-state index in [2.05, 4.69) is 16.7 Å². The van der Waals surface area contributed by atoms with Crippen LogP contribution in [0.25, 0.3) is 0 Å². The molecule has 3 amide bonds. The second-order valence-electron chi connectivity index (χ2n) is 5.80. The number of nitrogens with two attached hydrogens (primary N) is 1. The predicted molar refractivity (Wildman–Crippen MR) is 98.8 cm³/mol. The minimum atomic E-state index is -0.649. The Balaban J connectivity index is 1.78. The quantitative estimate of drug-likeness (QED) is 0.631. The average Bonchev–Trinajstić information content (AvgIpc) is 3.04. The van der Waals surface area contributed by atoms with Crippen LogP contribution in [0.4, 0.5) is 4.79 Å². The van der Waals surface area contributed by atoms with Gasteiger partial charge in [-0.05, 0) is 48.6 Å². The molecular formula is C18H23N3O3S. The molecule has 0 bridgehead atoms. The van der Waals surface area contributed by atoms with Crippen LogP contribution in [0.5, 0.6) is 5.75 Å². The van der Waals surface area contributed by atoms with Crippen molar-refractivity contribution in [1.82, 2.24) is 10.6 Å². The Morgan fingerprint density at radius 3 is 2.56 bits per heavy atom. The van der Waals surface area contributed by atoms with Gasteiger partial charge in [-0.25, -0.2) is 4.79 Å². The second kappa shape index (κ2) is 9.08. The van der Waals surface area contributed by atoms with E-state index in [9.17, 15) is 9.59 Å². The van der Waals surface area contributed by atoms with Crippen molar-refractivity contribution < 1.29 is 14.3 Å². The lowest BCUT2D eigenvalue weighted by atomic mass is 10.1. The van der Waals surface area contributed by atoms with Crippen LogP contribution in [0.1, 0.15) is 28.5 Å². The molecule has 0 unspecified atom stereocenters. The number of rotatable bonds is 8. The molecule has 1 aromatic carbocycles. The number of nitrogens with one attached hydrogen (secondary N) is 2. The number of thiophene rings is 1. The highest BCUT2D eigenvalue weighted by molar-refractivity contribution is 7.10. The molecular weight excluding hydrogens is 338 g/mol. The van der Waals surface area contributed by atoms with Crippen molar-refractivity contribution in [2.45, 2.75) is 26.3 Å². The number of hydrogen-bond donors (Lipinski definition) is 3. The second-order valence-corrected chi connectivity index (χ2v) is 6.78. The number of carbonyl (C=O) groups excluding carboxylic acids is 2. The summed E-state index contributed by atoms with van der Waals surface area (Å²) in [6, 6.07) is 8.65. The van der Waals surface area contributed by atoms with Gasteiger partial charge < -0.3 is 21.1 Å². The van der Waals surface area contributed by atoms with Crippen molar-refractivity contribution in [3.05, 3.63) is 51.7 Å². The molecule has 4 N–H and O–H groups in total. The SMILES string of the molecule is Cc1cc(C)cc(OCCNC(=O)C[C@@H](NC(N)=O)c2cccs2)c1. The summed E-state index contributed by atoms with van der Waals surface area (Å²) in [4.78, 5) is 24.1. The van der Waals surface area contributed by atoms with Crippen molar-refractivity contribution in [2.24, 2.45) is 5.73 Å². The molecule has 2 aromatic rings. The lowest BCUT2D eigenvalue weighted by Crippen LogP contribution is -2.37. The van der Waals surface area contributed by atoms with Gasteiger partial charge in [0.25, 0.3) is 0 Å². The Morgan fingerprint density at radius 1 is 1.24 bits per heavy atom. The summed E-state index contributed by atoms with van der Waals surface area (Å²) in [5.74, 6) is 0.620. The normalized spacial score (nSPS) is 11.6. The molecule has 0 aliphatic heterocycles. The molecule has 0 saturated heterocycles. The first-order valence-corrected chi connectivity index (χ1v) is 8.89. The van der Waals surface area contributed by atoms with Crippen LogP contribution < -0.4 is 21.1 Å². The largest absolute Gasteiger partial charge is 0.492 e. The van der Waals surface area contributed by atoms with Crippen LogP contribution in [-0.4, -0.2) is 25.1 Å². The molecule has 6 nitrogen and oxygen atoms in total. The van der Waals surface area contributed by atoms with Gasteiger partial charge in [0, 0.05) is 4.88 Å². The van der Waals surface area contributed by atoms with Crippen LogP contribution in [0, 0.1) is 13.8 Å². The predicted octanol–water partition coefficient (Wildman–Crippen LogP) is 2.66. The molecule has 0 aliphatic rings. The van der Waals surface area contributed by atoms with Gasteiger partial charge in [-0.2, -0.15) is 0 Å². The van der Waals surface area contributed by atoms with Gasteiger partial charge >= 0.3 is 6.03 Å². The Labute approximate surface area is 151 Å². The molecule has 1 atom stereocenters. The number of ether oxygens (including phenoxy) is 1. The van der Waals surface area contributed by atoms with Crippen molar-refractivity contribution in [3.63, 3.8) is 0 Å². The summed E-state index contributed by atoms with van der Waals surface area (Å²) < 4.78 is 5.66. The van der Waals surface area contributed by atoms with Gasteiger partial charge in [0.15, 0.2) is 0 Å². The Kier molecular flexibility index (Phi) is 6.82. The van der Waals surface area contributed by atoms with Gasteiger partial charge in [-0.15, -0.1) is 11.3 Å². The van der Waals surface area contributed by atoms with Crippen LogP contribution in [0.2, 0.25) is 0 Å². The number of urea groups is 1.